The first kappa shape index (κ1) is 21.4. The van der Waals surface area contributed by atoms with Crippen molar-refractivity contribution < 1.29 is 17.9 Å². The Morgan fingerprint density at radius 3 is 2.41 bits per heavy atom. The molecule has 6 nitrogen and oxygen atoms in total. The van der Waals surface area contributed by atoms with Crippen molar-refractivity contribution in [3.8, 4) is 0 Å². The van der Waals surface area contributed by atoms with E-state index in [1.165, 1.54) is 24.3 Å². The highest BCUT2D eigenvalue weighted by Crippen LogP contribution is 2.20. The molecular formula is C19H23ClN2O4S. The fourth-order valence-electron chi connectivity index (χ4n) is 2.43. The van der Waals surface area contributed by atoms with Gasteiger partial charge in [0.1, 0.15) is 0 Å². The van der Waals surface area contributed by atoms with Crippen LogP contribution in [0.15, 0.2) is 59.5 Å². The van der Waals surface area contributed by atoms with Gasteiger partial charge < -0.3 is 10.1 Å². The van der Waals surface area contributed by atoms with Crippen molar-refractivity contribution >= 4 is 27.5 Å². The lowest BCUT2D eigenvalue weighted by Crippen LogP contribution is -2.40. The number of hydrogen-bond donors (Lipinski definition) is 1. The fourth-order valence-corrected chi connectivity index (χ4v) is 3.94. The smallest absolute Gasteiger partial charge is 0.243 e. The van der Waals surface area contributed by atoms with Gasteiger partial charge in [-0.3, -0.25) is 4.79 Å². The van der Waals surface area contributed by atoms with Gasteiger partial charge in [0, 0.05) is 31.8 Å². The zero-order valence-corrected chi connectivity index (χ0v) is 16.7. The van der Waals surface area contributed by atoms with E-state index in [0.717, 1.165) is 9.87 Å². The summed E-state index contributed by atoms with van der Waals surface area (Å²) in [5.41, 5.74) is 0.794. The standard InChI is InChI=1S/C19H23ClN2O4S/c1-26-13-5-12-21-19(23)15-22(14-16-6-3-2-4-7-16)27(24,25)18-10-8-17(20)9-11-18/h2-4,6-11H,5,12-15H2,1H3,(H,21,23). The van der Waals surface area contributed by atoms with E-state index < -0.39 is 10.0 Å². The van der Waals surface area contributed by atoms with Crippen molar-refractivity contribution in [2.45, 2.75) is 17.9 Å². The molecular weight excluding hydrogens is 388 g/mol. The van der Waals surface area contributed by atoms with E-state index in [1.807, 2.05) is 30.3 Å². The zero-order chi connectivity index (χ0) is 19.7. The van der Waals surface area contributed by atoms with Gasteiger partial charge in [-0.15, -0.1) is 0 Å². The summed E-state index contributed by atoms with van der Waals surface area (Å²) in [6.07, 6.45) is 0.658. The summed E-state index contributed by atoms with van der Waals surface area (Å²) in [6, 6.07) is 15.0. The second-order valence-corrected chi connectivity index (χ2v) is 8.28. The van der Waals surface area contributed by atoms with Crippen LogP contribution in [0, 0.1) is 0 Å². The van der Waals surface area contributed by atoms with Gasteiger partial charge >= 0.3 is 0 Å². The summed E-state index contributed by atoms with van der Waals surface area (Å²) < 4.78 is 32.2. The number of amides is 1. The van der Waals surface area contributed by atoms with Crippen molar-refractivity contribution in [2.24, 2.45) is 0 Å². The van der Waals surface area contributed by atoms with Gasteiger partial charge in [-0.25, -0.2) is 8.42 Å². The maximum atomic E-state index is 13.0. The van der Waals surface area contributed by atoms with E-state index in [4.69, 9.17) is 16.3 Å². The Labute approximate surface area is 165 Å². The number of ether oxygens (including phenoxy) is 1. The predicted octanol–water partition coefficient (Wildman–Crippen LogP) is 2.68. The number of nitrogens with one attached hydrogen (secondary N) is 1. The molecule has 0 atom stereocenters. The van der Waals surface area contributed by atoms with Crippen LogP contribution in [0.2, 0.25) is 5.02 Å². The van der Waals surface area contributed by atoms with Gasteiger partial charge in [-0.2, -0.15) is 4.31 Å². The minimum absolute atomic E-state index is 0.0926. The average molecular weight is 411 g/mol. The fraction of sp³-hybridized carbons (Fsp3) is 0.316. The molecule has 0 aliphatic carbocycles. The summed E-state index contributed by atoms with van der Waals surface area (Å²) in [4.78, 5) is 12.4. The Balaban J connectivity index is 2.18. The highest BCUT2D eigenvalue weighted by molar-refractivity contribution is 7.89. The molecule has 0 aliphatic heterocycles. The number of rotatable bonds is 10. The quantitative estimate of drug-likeness (QED) is 0.611. The minimum atomic E-state index is -3.86. The summed E-state index contributed by atoms with van der Waals surface area (Å²) in [7, 11) is -2.27. The Kier molecular flexibility index (Phi) is 8.24. The van der Waals surface area contributed by atoms with E-state index in [1.54, 1.807) is 7.11 Å². The maximum absolute atomic E-state index is 13.0. The molecule has 8 heteroatoms. The first-order valence-electron chi connectivity index (χ1n) is 8.49. The van der Waals surface area contributed by atoms with Crippen LogP contribution in [0.4, 0.5) is 0 Å². The molecule has 0 aromatic heterocycles. The molecule has 2 aromatic rings. The van der Waals surface area contributed by atoms with Crippen LogP contribution in [-0.2, 0) is 26.1 Å². The Bertz CT molecular complexity index is 827. The number of benzene rings is 2. The molecule has 2 rings (SSSR count). The molecule has 2 aromatic carbocycles. The lowest BCUT2D eigenvalue weighted by molar-refractivity contribution is -0.121. The van der Waals surface area contributed by atoms with E-state index in [2.05, 4.69) is 5.32 Å². The van der Waals surface area contributed by atoms with Gasteiger partial charge in [0.15, 0.2) is 0 Å². The molecule has 0 heterocycles. The number of carbonyl (C=O) groups excluding carboxylic acids is 1. The van der Waals surface area contributed by atoms with Crippen molar-refractivity contribution in [3.63, 3.8) is 0 Å². The molecule has 0 spiro atoms. The third-order valence-corrected chi connectivity index (χ3v) is 5.88. The molecule has 0 bridgehead atoms. The van der Waals surface area contributed by atoms with Crippen LogP contribution >= 0.6 is 11.6 Å². The minimum Gasteiger partial charge on any atom is -0.385 e. The maximum Gasteiger partial charge on any atom is 0.243 e. The molecule has 0 saturated heterocycles. The van der Waals surface area contributed by atoms with Crippen molar-refractivity contribution in [1.82, 2.24) is 9.62 Å². The van der Waals surface area contributed by atoms with Gasteiger partial charge in [0.05, 0.1) is 11.4 Å². The van der Waals surface area contributed by atoms with Crippen LogP contribution in [0.5, 0.6) is 0 Å². The Hall–Kier alpha value is -1.93. The van der Waals surface area contributed by atoms with E-state index in [9.17, 15) is 13.2 Å². The topological polar surface area (TPSA) is 75.7 Å². The SMILES string of the molecule is COCCCNC(=O)CN(Cc1ccccc1)S(=O)(=O)c1ccc(Cl)cc1. The average Bonchev–Trinajstić information content (AvgIpc) is 2.66. The van der Waals surface area contributed by atoms with Gasteiger partial charge in [-0.05, 0) is 36.2 Å². The second-order valence-electron chi connectivity index (χ2n) is 5.91. The van der Waals surface area contributed by atoms with Crippen molar-refractivity contribution in [2.75, 3.05) is 26.8 Å². The lowest BCUT2D eigenvalue weighted by atomic mass is 10.2. The lowest BCUT2D eigenvalue weighted by Gasteiger charge is -2.22. The van der Waals surface area contributed by atoms with E-state index in [0.29, 0.717) is 24.6 Å². The predicted molar refractivity (Wildman–Crippen MR) is 105 cm³/mol. The molecule has 0 saturated carbocycles. The Morgan fingerprint density at radius 2 is 1.78 bits per heavy atom. The van der Waals surface area contributed by atoms with Crippen LogP contribution < -0.4 is 5.32 Å². The summed E-state index contributed by atoms with van der Waals surface area (Å²) >= 11 is 5.86. The van der Waals surface area contributed by atoms with Gasteiger partial charge in [0.2, 0.25) is 15.9 Å². The normalized spacial score (nSPS) is 11.5. The second kappa shape index (κ2) is 10.4. The number of carbonyl (C=O) groups is 1. The van der Waals surface area contributed by atoms with Crippen LogP contribution in [0.1, 0.15) is 12.0 Å². The zero-order valence-electron chi connectivity index (χ0n) is 15.1. The summed E-state index contributed by atoms with van der Waals surface area (Å²) in [5.74, 6) is -0.362. The van der Waals surface area contributed by atoms with Crippen molar-refractivity contribution in [1.29, 1.82) is 0 Å². The van der Waals surface area contributed by atoms with Gasteiger partial charge in [-0.1, -0.05) is 41.9 Å². The monoisotopic (exact) mass is 410 g/mol. The van der Waals surface area contributed by atoms with Crippen molar-refractivity contribution in [3.05, 3.63) is 65.2 Å². The molecule has 0 unspecified atom stereocenters. The molecule has 1 amide bonds. The van der Waals surface area contributed by atoms with Gasteiger partial charge in [0.25, 0.3) is 0 Å². The Morgan fingerprint density at radius 1 is 1.11 bits per heavy atom. The molecule has 0 aliphatic rings. The molecule has 0 radical (unpaired) electrons. The molecule has 0 fully saturated rings. The largest absolute Gasteiger partial charge is 0.385 e. The number of nitrogens with zero attached hydrogens (tertiary/aromatic N) is 1. The highest BCUT2D eigenvalue weighted by atomic mass is 35.5. The third-order valence-electron chi connectivity index (χ3n) is 3.82. The highest BCUT2D eigenvalue weighted by Gasteiger charge is 2.26. The van der Waals surface area contributed by atoms with Crippen LogP contribution in [-0.4, -0.2) is 45.4 Å². The first-order valence-corrected chi connectivity index (χ1v) is 10.3. The summed E-state index contributed by atoms with van der Waals surface area (Å²) in [6.45, 7) is 0.772. The van der Waals surface area contributed by atoms with Crippen LogP contribution in [0.3, 0.4) is 0 Å². The van der Waals surface area contributed by atoms with E-state index >= 15 is 0 Å². The molecule has 146 valence electrons. The summed E-state index contributed by atoms with van der Waals surface area (Å²) in [5, 5.41) is 3.16. The number of methoxy groups -OCH3 is 1. The number of halogens is 1. The third kappa shape index (κ3) is 6.62. The van der Waals surface area contributed by atoms with Crippen LogP contribution in [0.25, 0.3) is 0 Å². The molecule has 1 N–H and O–H groups in total. The van der Waals surface area contributed by atoms with E-state index in [-0.39, 0.29) is 23.9 Å². The number of sulfonamides is 1. The first-order chi connectivity index (χ1) is 12.9. The number of hydrogen-bond acceptors (Lipinski definition) is 4. The molecule has 27 heavy (non-hydrogen) atoms.